The Balaban J connectivity index is 1.36. The molecule has 0 spiro atoms. The molecule has 5 heteroatoms. The summed E-state index contributed by atoms with van der Waals surface area (Å²) in [7, 11) is 0. The Kier molecular flexibility index (Phi) is 4.92. The molecule has 0 bridgehead atoms. The molecular weight excluding hydrogens is 386 g/mol. The maximum absolute atomic E-state index is 12.5. The van der Waals surface area contributed by atoms with Crippen molar-refractivity contribution in [3.8, 4) is 5.75 Å². The monoisotopic (exact) mass is 407 g/mol. The lowest BCUT2D eigenvalue weighted by molar-refractivity contribution is -0.114. The molecule has 5 nitrogen and oxygen atoms in total. The first-order valence-corrected chi connectivity index (χ1v) is 10.2. The van der Waals surface area contributed by atoms with Crippen molar-refractivity contribution in [2.75, 3.05) is 6.54 Å². The minimum Gasteiger partial charge on any atom is -0.487 e. The van der Waals surface area contributed by atoms with E-state index < -0.39 is 0 Å². The first kappa shape index (κ1) is 19.0. The third-order valence-corrected chi connectivity index (χ3v) is 5.49. The van der Waals surface area contributed by atoms with Gasteiger partial charge in [-0.3, -0.25) is 9.78 Å². The van der Waals surface area contributed by atoms with Crippen molar-refractivity contribution in [2.45, 2.75) is 13.5 Å². The maximum atomic E-state index is 12.5. The molecule has 0 atom stereocenters. The van der Waals surface area contributed by atoms with Crippen molar-refractivity contribution < 1.29 is 9.53 Å². The van der Waals surface area contributed by atoms with Gasteiger partial charge in [0.1, 0.15) is 12.4 Å². The van der Waals surface area contributed by atoms with Crippen LogP contribution in [0.1, 0.15) is 22.4 Å². The Morgan fingerprint density at radius 3 is 2.68 bits per heavy atom. The smallest absolute Gasteiger partial charge is 0.252 e. The Hall–Kier alpha value is -3.99. The van der Waals surface area contributed by atoms with Gasteiger partial charge >= 0.3 is 0 Å². The summed E-state index contributed by atoms with van der Waals surface area (Å²) in [6, 6.07) is 21.8. The van der Waals surface area contributed by atoms with Crippen molar-refractivity contribution in [1.82, 2.24) is 15.3 Å². The van der Waals surface area contributed by atoms with Gasteiger partial charge in [0, 0.05) is 24.3 Å². The topological polar surface area (TPSA) is 64.1 Å². The lowest BCUT2D eigenvalue weighted by Gasteiger charge is -2.10. The molecule has 2 aromatic carbocycles. The van der Waals surface area contributed by atoms with Crippen LogP contribution in [-0.4, -0.2) is 22.4 Å². The molecule has 0 radical (unpaired) electrons. The van der Waals surface area contributed by atoms with Crippen LogP contribution in [0.3, 0.4) is 0 Å². The number of hydrogen-bond donors (Lipinski definition) is 1. The van der Waals surface area contributed by atoms with Gasteiger partial charge in [0.25, 0.3) is 5.91 Å². The largest absolute Gasteiger partial charge is 0.487 e. The zero-order valence-corrected chi connectivity index (χ0v) is 17.1. The predicted molar refractivity (Wildman–Crippen MR) is 121 cm³/mol. The highest BCUT2D eigenvalue weighted by Gasteiger charge is 2.26. The summed E-state index contributed by atoms with van der Waals surface area (Å²) in [5.41, 5.74) is 6.45. The van der Waals surface area contributed by atoms with E-state index in [0.29, 0.717) is 18.7 Å². The van der Waals surface area contributed by atoms with Crippen LogP contribution in [0.15, 0.2) is 79.1 Å². The molecule has 0 saturated heterocycles. The van der Waals surface area contributed by atoms with Crippen molar-refractivity contribution in [3.05, 3.63) is 102 Å². The summed E-state index contributed by atoms with van der Waals surface area (Å²) in [4.78, 5) is 21.3. The van der Waals surface area contributed by atoms with Crippen LogP contribution in [0.4, 0.5) is 0 Å². The second kappa shape index (κ2) is 8.03. The molecule has 5 rings (SSSR count). The van der Waals surface area contributed by atoms with Gasteiger partial charge in [-0.05, 0) is 59.5 Å². The molecule has 1 N–H and O–H groups in total. The fourth-order valence-electron chi connectivity index (χ4n) is 3.87. The standard InChI is InChI=1S/C26H21N3O2/c1-17-14-27-13-12-22(17)25-23(15-28-26(25)30)18-7-10-21(11-8-18)31-16-20-9-6-19-4-2-3-5-24(19)29-20/h2-14H,15-16H2,1H3,(H,28,30). The predicted octanol–water partition coefficient (Wildman–Crippen LogP) is 4.56. The summed E-state index contributed by atoms with van der Waals surface area (Å²) in [6.45, 7) is 2.88. The molecule has 1 aliphatic rings. The molecular formula is C26H21N3O2. The number of ether oxygens (including phenoxy) is 1. The molecule has 31 heavy (non-hydrogen) atoms. The maximum Gasteiger partial charge on any atom is 0.252 e. The second-order valence-electron chi connectivity index (χ2n) is 7.54. The third kappa shape index (κ3) is 3.78. The highest BCUT2D eigenvalue weighted by molar-refractivity contribution is 6.30. The van der Waals surface area contributed by atoms with Gasteiger partial charge in [-0.15, -0.1) is 0 Å². The van der Waals surface area contributed by atoms with Gasteiger partial charge in [-0.1, -0.05) is 36.4 Å². The number of carbonyl (C=O) groups is 1. The van der Waals surface area contributed by atoms with E-state index in [1.54, 1.807) is 12.4 Å². The third-order valence-electron chi connectivity index (χ3n) is 5.49. The lowest BCUT2D eigenvalue weighted by atomic mass is 9.95. The fraction of sp³-hybridized carbons (Fsp3) is 0.115. The minimum atomic E-state index is -0.0491. The number of pyridine rings is 2. The molecule has 1 amide bonds. The first-order valence-electron chi connectivity index (χ1n) is 10.2. The summed E-state index contributed by atoms with van der Waals surface area (Å²) in [6.07, 6.45) is 3.50. The van der Waals surface area contributed by atoms with E-state index in [1.165, 1.54) is 0 Å². The Labute approximate surface area is 180 Å². The number of para-hydroxylation sites is 1. The van der Waals surface area contributed by atoms with E-state index in [0.717, 1.165) is 44.6 Å². The van der Waals surface area contributed by atoms with Crippen LogP contribution in [0, 0.1) is 6.92 Å². The Bertz CT molecular complexity index is 1310. The zero-order valence-electron chi connectivity index (χ0n) is 17.1. The average molecular weight is 407 g/mol. The van der Waals surface area contributed by atoms with E-state index in [2.05, 4.69) is 21.4 Å². The van der Waals surface area contributed by atoms with Crippen LogP contribution in [0.5, 0.6) is 5.75 Å². The molecule has 1 aliphatic heterocycles. The normalized spacial score (nSPS) is 13.5. The number of nitrogens with one attached hydrogen (secondary N) is 1. The number of rotatable bonds is 5. The van der Waals surface area contributed by atoms with E-state index in [1.807, 2.05) is 67.6 Å². The number of aryl methyl sites for hydroxylation is 1. The van der Waals surface area contributed by atoms with Gasteiger partial charge in [-0.25, -0.2) is 4.98 Å². The summed E-state index contributed by atoms with van der Waals surface area (Å²) in [5.74, 6) is 0.713. The van der Waals surface area contributed by atoms with Gasteiger partial charge in [-0.2, -0.15) is 0 Å². The molecule has 152 valence electrons. The quantitative estimate of drug-likeness (QED) is 0.527. The van der Waals surface area contributed by atoms with Crippen LogP contribution >= 0.6 is 0 Å². The number of carbonyl (C=O) groups excluding carboxylic acids is 1. The highest BCUT2D eigenvalue weighted by Crippen LogP contribution is 2.32. The molecule has 2 aromatic heterocycles. The van der Waals surface area contributed by atoms with Crippen molar-refractivity contribution in [3.63, 3.8) is 0 Å². The van der Waals surface area contributed by atoms with E-state index >= 15 is 0 Å². The Morgan fingerprint density at radius 2 is 1.84 bits per heavy atom. The SMILES string of the molecule is Cc1cnccc1C1=C(c2ccc(OCc3ccc4ccccc4n3)cc2)CNC1=O. The number of benzene rings is 2. The van der Waals surface area contributed by atoms with Gasteiger partial charge < -0.3 is 10.1 Å². The average Bonchev–Trinajstić information content (AvgIpc) is 3.19. The van der Waals surface area contributed by atoms with Gasteiger partial charge in [0.2, 0.25) is 0 Å². The highest BCUT2D eigenvalue weighted by atomic mass is 16.5. The number of nitrogens with zero attached hydrogens (tertiary/aromatic N) is 2. The zero-order chi connectivity index (χ0) is 21.2. The van der Waals surface area contributed by atoms with Crippen LogP contribution in [-0.2, 0) is 11.4 Å². The molecule has 0 unspecified atom stereocenters. The number of hydrogen-bond acceptors (Lipinski definition) is 4. The van der Waals surface area contributed by atoms with Crippen LogP contribution in [0.2, 0.25) is 0 Å². The number of fused-ring (bicyclic) bond motifs is 1. The molecule has 0 aliphatic carbocycles. The van der Waals surface area contributed by atoms with Gasteiger partial charge in [0.15, 0.2) is 0 Å². The number of amides is 1. The summed E-state index contributed by atoms with van der Waals surface area (Å²) >= 11 is 0. The van der Waals surface area contributed by atoms with Crippen LogP contribution in [0.25, 0.3) is 22.0 Å². The van der Waals surface area contributed by atoms with Crippen LogP contribution < -0.4 is 10.1 Å². The summed E-state index contributed by atoms with van der Waals surface area (Å²) in [5, 5.41) is 4.06. The number of aromatic nitrogens is 2. The van der Waals surface area contributed by atoms with Crippen molar-refractivity contribution in [1.29, 1.82) is 0 Å². The fourth-order valence-corrected chi connectivity index (χ4v) is 3.87. The van der Waals surface area contributed by atoms with Gasteiger partial charge in [0.05, 0.1) is 16.8 Å². The van der Waals surface area contributed by atoms with E-state index in [9.17, 15) is 4.79 Å². The van der Waals surface area contributed by atoms with E-state index in [4.69, 9.17) is 4.74 Å². The van der Waals surface area contributed by atoms with E-state index in [-0.39, 0.29) is 5.91 Å². The first-order chi connectivity index (χ1) is 15.2. The molecule has 0 saturated carbocycles. The van der Waals surface area contributed by atoms with Crippen molar-refractivity contribution >= 4 is 28.0 Å². The second-order valence-corrected chi connectivity index (χ2v) is 7.54. The molecule has 0 fully saturated rings. The molecule has 4 aromatic rings. The summed E-state index contributed by atoms with van der Waals surface area (Å²) < 4.78 is 5.94. The molecule has 3 heterocycles. The Morgan fingerprint density at radius 1 is 1.00 bits per heavy atom. The van der Waals surface area contributed by atoms with Crippen molar-refractivity contribution in [2.24, 2.45) is 0 Å². The lowest BCUT2D eigenvalue weighted by Crippen LogP contribution is -2.17. The minimum absolute atomic E-state index is 0.0491.